The molecule has 0 saturated heterocycles. The van der Waals surface area contributed by atoms with Gasteiger partial charge in [0, 0.05) is 0 Å². The third kappa shape index (κ3) is 3.36. The summed E-state index contributed by atoms with van der Waals surface area (Å²) in [5, 5.41) is 11.7. The van der Waals surface area contributed by atoms with Gasteiger partial charge in [-0.05, 0) is 18.7 Å². The minimum absolute atomic E-state index is 0.0811. The second-order valence-corrected chi connectivity index (χ2v) is 3.84. The van der Waals surface area contributed by atoms with Gasteiger partial charge in [-0.2, -0.15) is 0 Å². The van der Waals surface area contributed by atoms with Crippen LogP contribution in [0.3, 0.4) is 0 Å². The largest absolute Gasteiger partial charge is 0.481 e. The van der Waals surface area contributed by atoms with E-state index in [1.54, 1.807) is 13.5 Å². The molecular weight excluding hydrogens is 191 g/mol. The minimum atomic E-state index is -0.789. The Bertz CT molecular complexity index is 223. The minimum Gasteiger partial charge on any atom is -0.481 e. The number of nitrogens with two attached hydrogens (primary N) is 1. The lowest BCUT2D eigenvalue weighted by Crippen LogP contribution is -2.41. The average Bonchev–Trinajstić information content (AvgIpc) is 2.22. The number of carbonyl (C=O) groups is 1. The van der Waals surface area contributed by atoms with Gasteiger partial charge >= 0.3 is 5.97 Å². The number of aliphatic carboxylic acids is 1. The summed E-state index contributed by atoms with van der Waals surface area (Å²) in [6.45, 7) is 7.56. The van der Waals surface area contributed by atoms with Crippen LogP contribution in [0.5, 0.6) is 0 Å². The Hall–Kier alpha value is -0.805. The number of hydrogen-bond acceptors (Lipinski definition) is 3. The van der Waals surface area contributed by atoms with E-state index < -0.39 is 11.4 Å². The van der Waals surface area contributed by atoms with Crippen molar-refractivity contribution in [3.63, 3.8) is 0 Å². The molecule has 5 heteroatoms. The first-order valence-corrected chi connectivity index (χ1v) is 5.17. The summed E-state index contributed by atoms with van der Waals surface area (Å²) >= 11 is 0. The summed E-state index contributed by atoms with van der Waals surface area (Å²) in [5.74, 6) is 4.44. The highest BCUT2D eigenvalue weighted by Gasteiger charge is 2.41. The van der Waals surface area contributed by atoms with Crippen LogP contribution in [0.1, 0.15) is 26.7 Å². The maximum absolute atomic E-state index is 11.4. The molecule has 0 amide bonds. The molecule has 0 heterocycles. The molecule has 0 aliphatic heterocycles. The summed E-state index contributed by atoms with van der Waals surface area (Å²) in [6.07, 6.45) is 3.33. The normalized spacial score (nSPS) is 16.5. The standard InChI is InChI=1S/C10H20BN2O2/c1-4-6-10(9(14)15,7-11-13-12)8(3)5-2/h4,8,13H,1,5-7,12H2,2-3H3,(H,14,15)/t8?,10-/m0/s1. The molecule has 85 valence electrons. The Kier molecular flexibility index (Phi) is 6.28. The molecule has 0 saturated carbocycles. The molecule has 15 heavy (non-hydrogen) atoms. The highest BCUT2D eigenvalue weighted by Crippen LogP contribution is 2.38. The Labute approximate surface area is 92.2 Å². The Morgan fingerprint density at radius 1 is 1.80 bits per heavy atom. The van der Waals surface area contributed by atoms with E-state index in [2.05, 4.69) is 11.9 Å². The van der Waals surface area contributed by atoms with Gasteiger partial charge in [0.2, 0.25) is 7.41 Å². The number of carboxylic acid groups (broad SMARTS) is 1. The molecule has 0 fully saturated rings. The summed E-state index contributed by atoms with van der Waals surface area (Å²) in [6, 6.07) is 0. The van der Waals surface area contributed by atoms with Crippen LogP contribution in [-0.2, 0) is 4.79 Å². The lowest BCUT2D eigenvalue weighted by molar-refractivity contribution is -0.150. The van der Waals surface area contributed by atoms with Crippen LogP contribution in [-0.4, -0.2) is 18.5 Å². The molecule has 0 bridgehead atoms. The van der Waals surface area contributed by atoms with Gasteiger partial charge in [0.1, 0.15) is 0 Å². The molecule has 0 rings (SSSR count). The predicted molar refractivity (Wildman–Crippen MR) is 62.2 cm³/mol. The van der Waals surface area contributed by atoms with Crippen LogP contribution in [0.2, 0.25) is 6.32 Å². The number of hydrazine groups is 1. The van der Waals surface area contributed by atoms with Gasteiger partial charge in [-0.1, -0.05) is 26.3 Å². The van der Waals surface area contributed by atoms with E-state index in [9.17, 15) is 9.90 Å². The zero-order valence-corrected chi connectivity index (χ0v) is 9.49. The third-order valence-corrected chi connectivity index (χ3v) is 3.07. The monoisotopic (exact) mass is 211 g/mol. The SMILES string of the molecule is C=CC[C@@](C[B]NN)(C(=O)O)C(C)CC. The Morgan fingerprint density at radius 3 is 2.73 bits per heavy atom. The smallest absolute Gasteiger partial charge is 0.309 e. The third-order valence-electron chi connectivity index (χ3n) is 3.07. The van der Waals surface area contributed by atoms with Crippen molar-refractivity contribution < 1.29 is 9.90 Å². The fourth-order valence-corrected chi connectivity index (χ4v) is 1.76. The van der Waals surface area contributed by atoms with E-state index in [0.29, 0.717) is 12.7 Å². The van der Waals surface area contributed by atoms with Gasteiger partial charge in [-0.3, -0.25) is 10.6 Å². The Balaban J connectivity index is 4.87. The zero-order valence-electron chi connectivity index (χ0n) is 9.49. The maximum atomic E-state index is 11.4. The van der Waals surface area contributed by atoms with Crippen molar-refractivity contribution in [3.05, 3.63) is 12.7 Å². The summed E-state index contributed by atoms with van der Waals surface area (Å²) in [5.41, 5.74) is -0.789. The van der Waals surface area contributed by atoms with Gasteiger partial charge in [0.15, 0.2) is 0 Å². The van der Waals surface area contributed by atoms with E-state index in [1.807, 2.05) is 13.8 Å². The molecule has 0 aliphatic rings. The van der Waals surface area contributed by atoms with Crippen LogP contribution >= 0.6 is 0 Å². The predicted octanol–water partition coefficient (Wildman–Crippen LogP) is 1.18. The van der Waals surface area contributed by atoms with Crippen molar-refractivity contribution in [2.75, 3.05) is 0 Å². The molecule has 4 nitrogen and oxygen atoms in total. The number of hydrogen-bond donors (Lipinski definition) is 3. The molecule has 1 radical (unpaired) electrons. The van der Waals surface area contributed by atoms with Crippen LogP contribution in [0.4, 0.5) is 0 Å². The quantitative estimate of drug-likeness (QED) is 0.244. The first kappa shape index (κ1) is 14.2. The van der Waals surface area contributed by atoms with Crippen molar-refractivity contribution in [2.45, 2.75) is 33.0 Å². The van der Waals surface area contributed by atoms with Crippen LogP contribution in [0, 0.1) is 11.3 Å². The van der Waals surface area contributed by atoms with Crippen molar-refractivity contribution in [3.8, 4) is 0 Å². The number of allylic oxidation sites excluding steroid dienone is 1. The molecule has 0 aromatic rings. The van der Waals surface area contributed by atoms with E-state index in [0.717, 1.165) is 6.42 Å². The van der Waals surface area contributed by atoms with Crippen LogP contribution in [0.15, 0.2) is 12.7 Å². The van der Waals surface area contributed by atoms with E-state index in [-0.39, 0.29) is 5.92 Å². The highest BCUT2D eigenvalue weighted by atomic mass is 16.4. The second kappa shape index (κ2) is 6.64. The topological polar surface area (TPSA) is 75.3 Å². The van der Waals surface area contributed by atoms with Gasteiger partial charge < -0.3 is 10.4 Å². The summed E-state index contributed by atoms with van der Waals surface area (Å²) in [4.78, 5) is 11.4. The molecule has 0 aliphatic carbocycles. The van der Waals surface area contributed by atoms with Crippen molar-refractivity contribution in [1.82, 2.24) is 5.34 Å². The maximum Gasteiger partial charge on any atom is 0.309 e. The van der Waals surface area contributed by atoms with Gasteiger partial charge in [0.25, 0.3) is 0 Å². The van der Waals surface area contributed by atoms with E-state index in [4.69, 9.17) is 5.84 Å². The molecule has 0 aromatic heterocycles. The van der Waals surface area contributed by atoms with Gasteiger partial charge in [-0.15, -0.1) is 6.58 Å². The Morgan fingerprint density at radius 2 is 2.40 bits per heavy atom. The first-order chi connectivity index (χ1) is 7.05. The molecule has 0 spiro atoms. The lowest BCUT2D eigenvalue weighted by Gasteiger charge is -2.33. The number of rotatable bonds is 8. The zero-order chi connectivity index (χ0) is 11.9. The molecule has 1 unspecified atom stereocenters. The number of nitrogens with one attached hydrogen (secondary N) is 1. The highest BCUT2D eigenvalue weighted by molar-refractivity contribution is 6.32. The van der Waals surface area contributed by atoms with Crippen molar-refractivity contribution in [2.24, 2.45) is 17.2 Å². The average molecular weight is 211 g/mol. The molecule has 0 aromatic carbocycles. The van der Waals surface area contributed by atoms with E-state index in [1.165, 1.54) is 0 Å². The van der Waals surface area contributed by atoms with Crippen molar-refractivity contribution >= 4 is 13.4 Å². The first-order valence-electron chi connectivity index (χ1n) is 5.17. The van der Waals surface area contributed by atoms with Gasteiger partial charge in [-0.25, -0.2) is 0 Å². The summed E-state index contributed by atoms with van der Waals surface area (Å²) in [7, 11) is 1.59. The fraction of sp³-hybridized carbons (Fsp3) is 0.700. The van der Waals surface area contributed by atoms with Gasteiger partial charge in [0.05, 0.1) is 5.41 Å². The number of carboxylic acids is 1. The lowest BCUT2D eigenvalue weighted by atomic mass is 9.62. The fourth-order valence-electron chi connectivity index (χ4n) is 1.76. The molecular formula is C10H20BN2O2. The summed E-state index contributed by atoms with van der Waals surface area (Å²) < 4.78 is 0. The van der Waals surface area contributed by atoms with Crippen molar-refractivity contribution in [1.29, 1.82) is 0 Å². The van der Waals surface area contributed by atoms with Crippen LogP contribution in [0.25, 0.3) is 0 Å². The van der Waals surface area contributed by atoms with E-state index >= 15 is 0 Å². The molecule has 2 atom stereocenters. The second-order valence-electron chi connectivity index (χ2n) is 3.84. The molecule has 4 N–H and O–H groups in total. The van der Waals surface area contributed by atoms with Crippen LogP contribution < -0.4 is 11.2 Å².